The Bertz CT molecular complexity index is 1540. The maximum atomic E-state index is 13.3. The molecule has 0 amide bonds. The van der Waals surface area contributed by atoms with Gasteiger partial charge in [-0.2, -0.15) is 5.10 Å². The highest BCUT2D eigenvalue weighted by molar-refractivity contribution is 7.99. The first kappa shape index (κ1) is 21.3. The zero-order valence-electron chi connectivity index (χ0n) is 17.9. The highest BCUT2D eigenvalue weighted by Crippen LogP contribution is 2.38. The molecule has 0 bridgehead atoms. The van der Waals surface area contributed by atoms with E-state index in [9.17, 15) is 4.79 Å². The Morgan fingerprint density at radius 2 is 1.94 bits per heavy atom. The quantitative estimate of drug-likeness (QED) is 0.383. The summed E-state index contributed by atoms with van der Waals surface area (Å²) in [5.41, 5.74) is 9.39. The number of H-pyrrole nitrogens is 1. The molecular formula is C23H20ClN7OS. The van der Waals surface area contributed by atoms with Crippen molar-refractivity contribution in [3.8, 4) is 22.6 Å². The number of aromatic amines is 1. The molecule has 2 aromatic carbocycles. The first-order chi connectivity index (χ1) is 16.0. The predicted octanol–water partition coefficient (Wildman–Crippen LogP) is 4.59. The third-order valence-corrected chi connectivity index (χ3v) is 6.60. The zero-order chi connectivity index (χ0) is 23.1. The Morgan fingerprint density at radius 1 is 1.15 bits per heavy atom. The van der Waals surface area contributed by atoms with Gasteiger partial charge in [-0.05, 0) is 36.4 Å². The van der Waals surface area contributed by atoms with Gasteiger partial charge in [0.2, 0.25) is 0 Å². The lowest BCUT2D eigenvalue weighted by molar-refractivity contribution is 0.683. The number of halogens is 1. The van der Waals surface area contributed by atoms with Gasteiger partial charge in [0, 0.05) is 35.8 Å². The van der Waals surface area contributed by atoms with Crippen LogP contribution in [0, 0.1) is 0 Å². The molecule has 0 fully saturated rings. The second-order valence-corrected chi connectivity index (χ2v) is 8.89. The van der Waals surface area contributed by atoms with Gasteiger partial charge < -0.3 is 15.3 Å². The largest absolute Gasteiger partial charge is 0.396 e. The SMILES string of the molecule is CCn1c(Sc2c(-c3ccccc3)c3ccc(Cl)cc3[nH]c2=O)nnc1-c1nn(C)cc1N. The number of benzene rings is 2. The number of pyridine rings is 1. The van der Waals surface area contributed by atoms with Gasteiger partial charge in [-0.1, -0.05) is 48.0 Å². The maximum absolute atomic E-state index is 13.3. The van der Waals surface area contributed by atoms with Crippen LogP contribution in [-0.2, 0) is 13.6 Å². The molecule has 10 heteroatoms. The van der Waals surface area contributed by atoms with E-state index in [0.717, 1.165) is 16.5 Å². The van der Waals surface area contributed by atoms with E-state index in [0.29, 0.717) is 44.3 Å². The van der Waals surface area contributed by atoms with Crippen LogP contribution in [0.2, 0.25) is 5.02 Å². The predicted molar refractivity (Wildman–Crippen MR) is 131 cm³/mol. The van der Waals surface area contributed by atoms with Crippen LogP contribution in [0.3, 0.4) is 0 Å². The Hall–Kier alpha value is -3.56. The van der Waals surface area contributed by atoms with E-state index in [2.05, 4.69) is 20.3 Å². The minimum Gasteiger partial charge on any atom is -0.396 e. The number of fused-ring (bicyclic) bond motifs is 1. The molecule has 33 heavy (non-hydrogen) atoms. The molecule has 0 saturated heterocycles. The van der Waals surface area contributed by atoms with Crippen LogP contribution >= 0.6 is 23.4 Å². The van der Waals surface area contributed by atoms with Gasteiger partial charge in [0.1, 0.15) is 0 Å². The normalized spacial score (nSPS) is 11.4. The van der Waals surface area contributed by atoms with Crippen LogP contribution in [0.15, 0.2) is 69.6 Å². The Balaban J connectivity index is 1.71. The number of hydrogen-bond acceptors (Lipinski definition) is 6. The summed E-state index contributed by atoms with van der Waals surface area (Å²) in [6.45, 7) is 2.57. The smallest absolute Gasteiger partial charge is 0.263 e. The molecule has 0 unspecified atom stereocenters. The molecular weight excluding hydrogens is 458 g/mol. The lowest BCUT2D eigenvalue weighted by Crippen LogP contribution is -2.11. The van der Waals surface area contributed by atoms with E-state index in [-0.39, 0.29) is 5.56 Å². The minimum absolute atomic E-state index is 0.224. The van der Waals surface area contributed by atoms with Gasteiger partial charge in [0.05, 0.1) is 16.1 Å². The Labute approximate surface area is 198 Å². The average molecular weight is 478 g/mol. The summed E-state index contributed by atoms with van der Waals surface area (Å²) in [5, 5.41) is 15.2. The maximum Gasteiger partial charge on any atom is 0.263 e. The molecule has 0 aliphatic heterocycles. The van der Waals surface area contributed by atoms with Crippen molar-refractivity contribution in [3.63, 3.8) is 0 Å². The van der Waals surface area contributed by atoms with Crippen molar-refractivity contribution in [2.24, 2.45) is 7.05 Å². The monoisotopic (exact) mass is 477 g/mol. The first-order valence-corrected chi connectivity index (χ1v) is 11.5. The van der Waals surface area contributed by atoms with Crippen LogP contribution in [-0.4, -0.2) is 29.5 Å². The molecule has 166 valence electrons. The highest BCUT2D eigenvalue weighted by Gasteiger charge is 2.22. The summed E-state index contributed by atoms with van der Waals surface area (Å²) in [6.07, 6.45) is 1.73. The van der Waals surface area contributed by atoms with E-state index in [1.165, 1.54) is 11.8 Å². The molecule has 8 nitrogen and oxygen atoms in total. The van der Waals surface area contributed by atoms with Crippen molar-refractivity contribution in [1.29, 1.82) is 0 Å². The van der Waals surface area contributed by atoms with Gasteiger partial charge in [-0.25, -0.2) is 0 Å². The molecule has 0 saturated carbocycles. The van der Waals surface area contributed by atoms with Crippen LogP contribution in [0.25, 0.3) is 33.5 Å². The van der Waals surface area contributed by atoms with E-state index in [4.69, 9.17) is 17.3 Å². The molecule has 3 aromatic heterocycles. The van der Waals surface area contributed by atoms with Gasteiger partial charge in [-0.15, -0.1) is 10.2 Å². The second kappa shape index (κ2) is 8.42. The molecule has 0 aliphatic carbocycles. The van der Waals surface area contributed by atoms with Crippen LogP contribution in [0.4, 0.5) is 5.69 Å². The number of nitrogens with zero attached hydrogens (tertiary/aromatic N) is 5. The van der Waals surface area contributed by atoms with Gasteiger partial charge in [0.15, 0.2) is 16.7 Å². The fourth-order valence-electron chi connectivity index (χ4n) is 3.84. The molecule has 3 N–H and O–H groups in total. The second-order valence-electron chi connectivity index (χ2n) is 7.47. The number of anilines is 1. The molecule has 0 atom stereocenters. The number of aryl methyl sites for hydroxylation is 1. The Morgan fingerprint density at radius 3 is 2.64 bits per heavy atom. The molecule has 0 spiro atoms. The number of nitrogen functional groups attached to an aromatic ring is 1. The molecule has 0 radical (unpaired) electrons. The van der Waals surface area contributed by atoms with Crippen LogP contribution in [0.1, 0.15) is 6.92 Å². The van der Waals surface area contributed by atoms with Crippen molar-refractivity contribution in [3.05, 3.63) is 70.1 Å². The summed E-state index contributed by atoms with van der Waals surface area (Å²) in [4.78, 5) is 16.8. The fourth-order valence-corrected chi connectivity index (χ4v) is 5.07. The minimum atomic E-state index is -0.224. The first-order valence-electron chi connectivity index (χ1n) is 10.3. The fraction of sp³-hybridized carbons (Fsp3) is 0.130. The van der Waals surface area contributed by atoms with E-state index in [1.54, 1.807) is 24.0 Å². The highest BCUT2D eigenvalue weighted by atomic mass is 35.5. The standard InChI is InChI=1S/C23H20ClN7OS/c1-3-31-21(19-16(25)12-30(2)29-19)27-28-23(31)33-20-18(13-7-5-4-6-8-13)15-10-9-14(24)11-17(15)26-22(20)32/h4-12H,3,25H2,1-2H3,(H,26,32). The van der Waals surface area contributed by atoms with Crippen molar-refractivity contribution < 1.29 is 0 Å². The summed E-state index contributed by atoms with van der Waals surface area (Å²) in [6, 6.07) is 15.3. The van der Waals surface area contributed by atoms with E-state index in [1.807, 2.05) is 54.0 Å². The lowest BCUT2D eigenvalue weighted by Gasteiger charge is -2.13. The summed E-state index contributed by atoms with van der Waals surface area (Å²) in [5.74, 6) is 0.559. The van der Waals surface area contributed by atoms with Gasteiger partial charge in [-0.3, -0.25) is 9.48 Å². The topological polar surface area (TPSA) is 107 Å². The van der Waals surface area contributed by atoms with E-state index < -0.39 is 0 Å². The van der Waals surface area contributed by atoms with Crippen molar-refractivity contribution in [1.82, 2.24) is 29.5 Å². The van der Waals surface area contributed by atoms with Crippen molar-refractivity contribution >= 4 is 40.0 Å². The van der Waals surface area contributed by atoms with Crippen LogP contribution in [0.5, 0.6) is 0 Å². The number of aromatic nitrogens is 6. The van der Waals surface area contributed by atoms with Crippen LogP contribution < -0.4 is 11.3 Å². The Kier molecular flexibility index (Phi) is 5.43. The lowest BCUT2D eigenvalue weighted by atomic mass is 10.0. The van der Waals surface area contributed by atoms with E-state index >= 15 is 0 Å². The number of hydrogen-bond donors (Lipinski definition) is 2. The number of rotatable bonds is 5. The van der Waals surface area contributed by atoms with Gasteiger partial charge >= 0.3 is 0 Å². The number of nitrogens with one attached hydrogen (secondary N) is 1. The van der Waals surface area contributed by atoms with Crippen molar-refractivity contribution in [2.75, 3.05) is 5.73 Å². The third kappa shape index (κ3) is 3.79. The number of nitrogens with two attached hydrogens (primary N) is 1. The average Bonchev–Trinajstić information content (AvgIpc) is 3.36. The summed E-state index contributed by atoms with van der Waals surface area (Å²) >= 11 is 7.46. The van der Waals surface area contributed by atoms with Crippen molar-refractivity contribution in [2.45, 2.75) is 23.5 Å². The van der Waals surface area contributed by atoms with Gasteiger partial charge in [0.25, 0.3) is 5.56 Å². The molecule has 3 heterocycles. The molecule has 0 aliphatic rings. The molecule has 5 aromatic rings. The summed E-state index contributed by atoms with van der Waals surface area (Å²) < 4.78 is 3.54. The molecule has 5 rings (SSSR count). The third-order valence-electron chi connectivity index (χ3n) is 5.29. The zero-order valence-corrected chi connectivity index (χ0v) is 19.5. The summed E-state index contributed by atoms with van der Waals surface area (Å²) in [7, 11) is 1.80.